The molecule has 1 fully saturated rings. The van der Waals surface area contributed by atoms with Gasteiger partial charge in [-0.2, -0.15) is 0 Å². The second-order valence-corrected chi connectivity index (χ2v) is 4.60. The summed E-state index contributed by atoms with van der Waals surface area (Å²) in [7, 11) is 0. The lowest BCUT2D eigenvalue weighted by atomic mass is 9.94. The zero-order valence-corrected chi connectivity index (χ0v) is 10.0. The van der Waals surface area contributed by atoms with Crippen molar-refractivity contribution in [2.24, 2.45) is 5.92 Å². The largest absolute Gasteiger partial charge is 0.352 e. The van der Waals surface area contributed by atoms with E-state index in [-0.39, 0.29) is 5.91 Å². The van der Waals surface area contributed by atoms with Gasteiger partial charge in [-0.25, -0.2) is 0 Å². The average Bonchev–Trinajstić information content (AvgIpc) is 2.22. The zero-order chi connectivity index (χ0) is 11.1. The Labute approximate surface area is 93.0 Å². The third-order valence-electron chi connectivity index (χ3n) is 3.18. The molecule has 1 aliphatic heterocycles. The number of piperidine rings is 1. The molecule has 0 saturated carbocycles. The lowest BCUT2D eigenvalue weighted by Crippen LogP contribution is -2.50. The number of carbonyl (C=O) groups is 1. The smallest absolute Gasteiger partial charge is 0.220 e. The molecule has 0 radical (unpaired) electrons. The Morgan fingerprint density at radius 3 is 2.93 bits per heavy atom. The minimum Gasteiger partial charge on any atom is -0.352 e. The summed E-state index contributed by atoms with van der Waals surface area (Å²) in [6.07, 6.45) is 5.22. The van der Waals surface area contributed by atoms with Gasteiger partial charge in [-0.15, -0.1) is 0 Å². The number of amides is 1. The van der Waals surface area contributed by atoms with Crippen LogP contribution in [-0.2, 0) is 4.79 Å². The fourth-order valence-electron chi connectivity index (χ4n) is 2.00. The van der Waals surface area contributed by atoms with Crippen molar-refractivity contribution in [1.29, 1.82) is 0 Å². The minimum atomic E-state index is 0.226. The first-order valence-corrected chi connectivity index (χ1v) is 6.24. The maximum atomic E-state index is 11.6. The highest BCUT2D eigenvalue weighted by molar-refractivity contribution is 5.76. The molecule has 88 valence electrons. The molecule has 1 heterocycles. The highest BCUT2D eigenvalue weighted by Crippen LogP contribution is 2.11. The molecule has 1 amide bonds. The van der Waals surface area contributed by atoms with Crippen molar-refractivity contribution < 1.29 is 4.79 Å². The Morgan fingerprint density at radius 1 is 1.47 bits per heavy atom. The molecule has 1 aliphatic rings. The van der Waals surface area contributed by atoms with E-state index < -0.39 is 0 Å². The summed E-state index contributed by atoms with van der Waals surface area (Å²) in [6.45, 7) is 6.40. The van der Waals surface area contributed by atoms with Gasteiger partial charge in [0.2, 0.25) is 5.91 Å². The van der Waals surface area contributed by atoms with Crippen LogP contribution in [0.5, 0.6) is 0 Å². The zero-order valence-electron chi connectivity index (χ0n) is 10.0. The molecular formula is C12H24N2O. The predicted octanol–water partition coefficient (Wildman–Crippen LogP) is 1.68. The van der Waals surface area contributed by atoms with Crippen LogP contribution in [0.2, 0.25) is 0 Å². The van der Waals surface area contributed by atoms with Gasteiger partial charge in [0, 0.05) is 19.0 Å². The van der Waals surface area contributed by atoms with Crippen molar-refractivity contribution in [3.8, 4) is 0 Å². The van der Waals surface area contributed by atoms with E-state index in [0.29, 0.717) is 18.4 Å². The molecule has 0 aliphatic carbocycles. The lowest BCUT2D eigenvalue weighted by Gasteiger charge is -2.30. The maximum absolute atomic E-state index is 11.6. The molecule has 1 rings (SSSR count). The van der Waals surface area contributed by atoms with E-state index in [1.54, 1.807) is 0 Å². The van der Waals surface area contributed by atoms with E-state index in [1.807, 2.05) is 0 Å². The standard InChI is InChI=1S/C12H24N2O/c1-3-4-5-6-12(15)14-11-9-13-8-7-10(11)2/h10-11,13H,3-9H2,1-2H3,(H,14,15). The molecule has 2 unspecified atom stereocenters. The van der Waals surface area contributed by atoms with Gasteiger partial charge in [0.15, 0.2) is 0 Å². The van der Waals surface area contributed by atoms with Crippen LogP contribution in [0.1, 0.15) is 46.0 Å². The molecule has 1 saturated heterocycles. The Kier molecular flexibility index (Phi) is 5.69. The molecule has 2 atom stereocenters. The molecule has 0 aromatic heterocycles. The Morgan fingerprint density at radius 2 is 2.27 bits per heavy atom. The fourth-order valence-corrected chi connectivity index (χ4v) is 2.00. The summed E-state index contributed by atoms with van der Waals surface area (Å²) in [5, 5.41) is 6.45. The number of unbranched alkanes of at least 4 members (excludes halogenated alkanes) is 2. The third kappa shape index (κ3) is 4.65. The van der Waals surface area contributed by atoms with Gasteiger partial charge in [0.1, 0.15) is 0 Å². The first kappa shape index (κ1) is 12.5. The molecule has 0 aromatic carbocycles. The molecule has 15 heavy (non-hydrogen) atoms. The highest BCUT2D eigenvalue weighted by Gasteiger charge is 2.21. The van der Waals surface area contributed by atoms with Gasteiger partial charge in [-0.3, -0.25) is 4.79 Å². The minimum absolute atomic E-state index is 0.226. The van der Waals surface area contributed by atoms with Crippen LogP contribution in [0.15, 0.2) is 0 Å². The number of rotatable bonds is 5. The summed E-state index contributed by atoms with van der Waals surface area (Å²) < 4.78 is 0. The number of carbonyl (C=O) groups excluding carboxylic acids is 1. The number of hydrogen-bond acceptors (Lipinski definition) is 2. The van der Waals surface area contributed by atoms with Crippen molar-refractivity contribution in [3.63, 3.8) is 0 Å². The topological polar surface area (TPSA) is 41.1 Å². The first-order chi connectivity index (χ1) is 7.24. The fraction of sp³-hybridized carbons (Fsp3) is 0.917. The van der Waals surface area contributed by atoms with Crippen LogP contribution in [0.25, 0.3) is 0 Å². The van der Waals surface area contributed by atoms with Crippen molar-refractivity contribution in [1.82, 2.24) is 10.6 Å². The summed E-state index contributed by atoms with van der Waals surface area (Å²) in [4.78, 5) is 11.6. The molecule has 0 spiro atoms. The second kappa shape index (κ2) is 6.83. The number of nitrogens with one attached hydrogen (secondary N) is 2. The van der Waals surface area contributed by atoms with Gasteiger partial charge in [0.05, 0.1) is 0 Å². The van der Waals surface area contributed by atoms with E-state index in [9.17, 15) is 4.79 Å². The maximum Gasteiger partial charge on any atom is 0.220 e. The first-order valence-electron chi connectivity index (χ1n) is 6.24. The van der Waals surface area contributed by atoms with Gasteiger partial charge < -0.3 is 10.6 Å². The van der Waals surface area contributed by atoms with Crippen molar-refractivity contribution in [3.05, 3.63) is 0 Å². The monoisotopic (exact) mass is 212 g/mol. The van der Waals surface area contributed by atoms with Crippen molar-refractivity contribution in [2.45, 2.75) is 52.0 Å². The lowest BCUT2D eigenvalue weighted by molar-refractivity contribution is -0.122. The van der Waals surface area contributed by atoms with Gasteiger partial charge in [-0.05, 0) is 25.3 Å². The van der Waals surface area contributed by atoms with Crippen molar-refractivity contribution >= 4 is 5.91 Å². The van der Waals surface area contributed by atoms with Crippen LogP contribution in [0, 0.1) is 5.92 Å². The Hall–Kier alpha value is -0.570. The van der Waals surface area contributed by atoms with E-state index in [1.165, 1.54) is 12.8 Å². The molecular weight excluding hydrogens is 188 g/mol. The molecule has 3 nitrogen and oxygen atoms in total. The third-order valence-corrected chi connectivity index (χ3v) is 3.18. The van der Waals surface area contributed by atoms with E-state index in [0.717, 1.165) is 25.9 Å². The van der Waals surface area contributed by atoms with Crippen LogP contribution in [0.3, 0.4) is 0 Å². The van der Waals surface area contributed by atoms with E-state index in [4.69, 9.17) is 0 Å². The van der Waals surface area contributed by atoms with Gasteiger partial charge >= 0.3 is 0 Å². The highest BCUT2D eigenvalue weighted by atomic mass is 16.1. The summed E-state index contributed by atoms with van der Waals surface area (Å²) in [5.74, 6) is 0.838. The van der Waals surface area contributed by atoms with Crippen LogP contribution in [-0.4, -0.2) is 25.0 Å². The Balaban J connectivity index is 2.18. The van der Waals surface area contributed by atoms with Gasteiger partial charge in [-0.1, -0.05) is 26.7 Å². The van der Waals surface area contributed by atoms with E-state index >= 15 is 0 Å². The normalized spacial score (nSPS) is 26.3. The summed E-state index contributed by atoms with van der Waals surface area (Å²) in [5.41, 5.74) is 0. The van der Waals surface area contributed by atoms with E-state index in [2.05, 4.69) is 24.5 Å². The molecule has 0 aromatic rings. The quantitative estimate of drug-likeness (QED) is 0.681. The number of hydrogen-bond donors (Lipinski definition) is 2. The Bertz CT molecular complexity index is 194. The van der Waals surface area contributed by atoms with Crippen LogP contribution < -0.4 is 10.6 Å². The summed E-state index contributed by atoms with van der Waals surface area (Å²) >= 11 is 0. The predicted molar refractivity (Wildman–Crippen MR) is 62.7 cm³/mol. The summed E-state index contributed by atoms with van der Waals surface area (Å²) in [6, 6.07) is 0.341. The van der Waals surface area contributed by atoms with Crippen molar-refractivity contribution in [2.75, 3.05) is 13.1 Å². The SMILES string of the molecule is CCCCCC(=O)NC1CNCCC1C. The van der Waals surface area contributed by atoms with Crippen LogP contribution >= 0.6 is 0 Å². The molecule has 0 bridgehead atoms. The average molecular weight is 212 g/mol. The van der Waals surface area contributed by atoms with Gasteiger partial charge in [0.25, 0.3) is 0 Å². The molecule has 2 N–H and O–H groups in total. The second-order valence-electron chi connectivity index (χ2n) is 4.60. The van der Waals surface area contributed by atoms with Crippen LogP contribution in [0.4, 0.5) is 0 Å². The molecule has 3 heteroatoms.